The molecule has 6 nitrogen and oxygen atoms in total. The van der Waals surface area contributed by atoms with Crippen LogP contribution in [0.1, 0.15) is 16.1 Å². The van der Waals surface area contributed by atoms with E-state index in [1.807, 2.05) is 0 Å². The number of nitrogens with one attached hydrogen (secondary N) is 1. The van der Waals surface area contributed by atoms with Crippen molar-refractivity contribution in [2.24, 2.45) is 5.10 Å². The molecule has 21 heavy (non-hydrogen) atoms. The van der Waals surface area contributed by atoms with Gasteiger partial charge in [-0.15, -0.1) is 0 Å². The van der Waals surface area contributed by atoms with Crippen molar-refractivity contribution in [2.75, 3.05) is 0 Å². The summed E-state index contributed by atoms with van der Waals surface area (Å²) in [6.45, 7) is 0. The highest BCUT2D eigenvalue weighted by Crippen LogP contribution is 2.40. The number of pyridine rings is 1. The molecule has 1 amide bonds. The van der Waals surface area contributed by atoms with Gasteiger partial charge in [-0.05, 0) is 50.1 Å². The molecule has 8 heteroatoms. The molecule has 0 radical (unpaired) electrons. The minimum Gasteiger partial charge on any atom is -0.506 e. The Morgan fingerprint density at radius 2 is 2.05 bits per heavy atom. The van der Waals surface area contributed by atoms with E-state index in [2.05, 4.69) is 47.4 Å². The number of carbonyl (C=O) groups excluding carboxylic acids is 1. The molecule has 108 valence electrons. The maximum absolute atomic E-state index is 11.7. The van der Waals surface area contributed by atoms with Crippen LogP contribution in [-0.2, 0) is 0 Å². The van der Waals surface area contributed by atoms with E-state index < -0.39 is 5.91 Å². The molecule has 0 saturated heterocycles. The predicted molar refractivity (Wildman–Crippen MR) is 84.5 cm³/mol. The van der Waals surface area contributed by atoms with E-state index in [9.17, 15) is 15.0 Å². The van der Waals surface area contributed by atoms with Gasteiger partial charge in [-0.25, -0.2) is 5.43 Å². The zero-order valence-electron chi connectivity index (χ0n) is 10.4. The van der Waals surface area contributed by atoms with Crippen LogP contribution in [0.15, 0.2) is 44.5 Å². The fourth-order valence-electron chi connectivity index (χ4n) is 1.43. The molecule has 3 N–H and O–H groups in total. The Labute approximate surface area is 136 Å². The van der Waals surface area contributed by atoms with Crippen LogP contribution >= 0.6 is 31.9 Å². The lowest BCUT2D eigenvalue weighted by molar-refractivity contribution is 0.0950. The number of halogens is 2. The quantitative estimate of drug-likeness (QED) is 0.531. The van der Waals surface area contributed by atoms with Gasteiger partial charge >= 0.3 is 0 Å². The standard InChI is InChI=1S/C13H9Br2N3O3/c14-8-5-7(11(19)10(15)12(8)20)6-17-18-13(21)9-3-1-2-4-16-9/h1-6,19-20H,(H,18,21). The number of nitrogens with zero attached hydrogens (tertiary/aromatic N) is 2. The minimum absolute atomic E-state index is 0.123. The number of benzene rings is 1. The van der Waals surface area contributed by atoms with Crippen LogP contribution in [0, 0.1) is 0 Å². The molecule has 0 bridgehead atoms. The maximum atomic E-state index is 11.7. The summed E-state index contributed by atoms with van der Waals surface area (Å²) in [6, 6.07) is 6.40. The first kappa shape index (κ1) is 15.5. The van der Waals surface area contributed by atoms with Crippen molar-refractivity contribution in [3.63, 3.8) is 0 Å². The number of hydrogen-bond donors (Lipinski definition) is 3. The average molecular weight is 415 g/mol. The second-order valence-electron chi connectivity index (χ2n) is 3.87. The predicted octanol–water partition coefficient (Wildman–Crippen LogP) is 2.78. The third-order valence-electron chi connectivity index (χ3n) is 2.46. The van der Waals surface area contributed by atoms with Gasteiger partial charge in [0.2, 0.25) is 0 Å². The molecule has 0 spiro atoms. The molecule has 0 atom stereocenters. The van der Waals surface area contributed by atoms with Crippen LogP contribution in [0.2, 0.25) is 0 Å². The first-order valence-electron chi connectivity index (χ1n) is 5.65. The van der Waals surface area contributed by atoms with Gasteiger partial charge in [0.25, 0.3) is 5.91 Å². The number of phenols is 2. The van der Waals surface area contributed by atoms with E-state index in [-0.39, 0.29) is 21.7 Å². The molecule has 0 aliphatic rings. The minimum atomic E-state index is -0.469. The summed E-state index contributed by atoms with van der Waals surface area (Å²) in [7, 11) is 0. The fraction of sp³-hybridized carbons (Fsp3) is 0. The number of aromatic hydroxyl groups is 2. The number of phenolic OH excluding ortho intramolecular Hbond substituents is 2. The Morgan fingerprint density at radius 1 is 1.29 bits per heavy atom. The molecule has 0 aliphatic carbocycles. The lowest BCUT2D eigenvalue weighted by Crippen LogP contribution is -2.18. The Balaban J connectivity index is 2.14. The number of hydrogen-bond acceptors (Lipinski definition) is 5. The molecule has 1 aromatic carbocycles. The Hall–Kier alpha value is -1.93. The van der Waals surface area contributed by atoms with Crippen molar-refractivity contribution in [1.29, 1.82) is 0 Å². The maximum Gasteiger partial charge on any atom is 0.289 e. The van der Waals surface area contributed by atoms with Gasteiger partial charge in [-0.1, -0.05) is 6.07 Å². The third-order valence-corrected chi connectivity index (χ3v) is 3.82. The number of aromatic nitrogens is 1. The van der Waals surface area contributed by atoms with E-state index in [0.717, 1.165) is 0 Å². The molecule has 1 heterocycles. The zero-order chi connectivity index (χ0) is 15.4. The van der Waals surface area contributed by atoms with Crippen LogP contribution < -0.4 is 5.43 Å². The SMILES string of the molecule is O=C(NN=Cc1cc(Br)c(O)c(Br)c1O)c1ccccn1. The fourth-order valence-corrected chi connectivity index (χ4v) is 2.58. The zero-order valence-corrected chi connectivity index (χ0v) is 13.6. The van der Waals surface area contributed by atoms with Gasteiger partial charge in [0.05, 0.1) is 10.7 Å². The van der Waals surface area contributed by atoms with Crippen LogP contribution in [-0.4, -0.2) is 27.3 Å². The van der Waals surface area contributed by atoms with Gasteiger partial charge in [-0.3, -0.25) is 9.78 Å². The second-order valence-corrected chi connectivity index (χ2v) is 5.52. The lowest BCUT2D eigenvalue weighted by atomic mass is 10.2. The monoisotopic (exact) mass is 413 g/mol. The van der Waals surface area contributed by atoms with E-state index in [4.69, 9.17) is 0 Å². The van der Waals surface area contributed by atoms with Gasteiger partial charge in [-0.2, -0.15) is 5.10 Å². The molecule has 0 unspecified atom stereocenters. The van der Waals surface area contributed by atoms with Crippen molar-refractivity contribution in [3.05, 3.63) is 50.7 Å². The molecule has 2 rings (SSSR count). The molecule has 0 saturated carbocycles. The van der Waals surface area contributed by atoms with Gasteiger partial charge in [0.15, 0.2) is 0 Å². The highest BCUT2D eigenvalue weighted by atomic mass is 79.9. The lowest BCUT2D eigenvalue weighted by Gasteiger charge is -2.06. The first-order chi connectivity index (χ1) is 10.0. The molecule has 0 aliphatic heterocycles. The van der Waals surface area contributed by atoms with E-state index in [1.165, 1.54) is 18.5 Å². The summed E-state index contributed by atoms with van der Waals surface area (Å²) >= 11 is 6.19. The summed E-state index contributed by atoms with van der Waals surface area (Å²) in [5.41, 5.74) is 2.83. The van der Waals surface area contributed by atoms with E-state index >= 15 is 0 Å². The Bertz CT molecular complexity index is 706. The normalized spacial score (nSPS) is 10.8. The Morgan fingerprint density at radius 3 is 2.71 bits per heavy atom. The van der Waals surface area contributed by atoms with Crippen LogP contribution in [0.4, 0.5) is 0 Å². The summed E-state index contributed by atoms with van der Waals surface area (Å²) in [6.07, 6.45) is 2.75. The van der Waals surface area contributed by atoms with Crippen LogP contribution in [0.25, 0.3) is 0 Å². The Kier molecular flexibility index (Phi) is 4.92. The second kappa shape index (κ2) is 6.68. The largest absolute Gasteiger partial charge is 0.506 e. The van der Waals surface area contributed by atoms with Gasteiger partial charge in [0, 0.05) is 11.8 Å². The number of hydrazone groups is 1. The van der Waals surface area contributed by atoms with Crippen molar-refractivity contribution < 1.29 is 15.0 Å². The van der Waals surface area contributed by atoms with Gasteiger partial charge in [0.1, 0.15) is 21.7 Å². The number of amides is 1. The summed E-state index contributed by atoms with van der Waals surface area (Å²) in [5.74, 6) is -0.781. The van der Waals surface area contributed by atoms with Gasteiger partial charge < -0.3 is 10.2 Å². The van der Waals surface area contributed by atoms with Crippen molar-refractivity contribution in [2.45, 2.75) is 0 Å². The van der Waals surface area contributed by atoms with Crippen molar-refractivity contribution >= 4 is 44.0 Å². The molecule has 2 aromatic rings. The van der Waals surface area contributed by atoms with E-state index in [1.54, 1.807) is 18.2 Å². The molecule has 0 fully saturated rings. The summed E-state index contributed by atoms with van der Waals surface area (Å²) in [4.78, 5) is 15.6. The molecular formula is C13H9Br2N3O3. The topological polar surface area (TPSA) is 94.8 Å². The summed E-state index contributed by atoms with van der Waals surface area (Å²) in [5, 5.41) is 23.2. The third kappa shape index (κ3) is 3.59. The smallest absolute Gasteiger partial charge is 0.289 e. The van der Waals surface area contributed by atoms with E-state index in [0.29, 0.717) is 10.0 Å². The van der Waals surface area contributed by atoms with Crippen molar-refractivity contribution in [3.8, 4) is 11.5 Å². The van der Waals surface area contributed by atoms with Crippen LogP contribution in [0.3, 0.4) is 0 Å². The highest BCUT2D eigenvalue weighted by Gasteiger charge is 2.13. The average Bonchev–Trinajstić information content (AvgIpc) is 2.51. The first-order valence-corrected chi connectivity index (χ1v) is 7.23. The number of carbonyl (C=O) groups is 1. The molecule has 1 aromatic heterocycles. The number of rotatable bonds is 3. The summed E-state index contributed by atoms with van der Waals surface area (Å²) < 4.78 is 0.513. The molecular weight excluding hydrogens is 406 g/mol. The van der Waals surface area contributed by atoms with Crippen molar-refractivity contribution in [1.82, 2.24) is 10.4 Å². The van der Waals surface area contributed by atoms with Crippen LogP contribution in [0.5, 0.6) is 11.5 Å². The highest BCUT2D eigenvalue weighted by molar-refractivity contribution is 9.11.